The van der Waals surface area contributed by atoms with Crippen LogP contribution in [0.15, 0.2) is 53.9 Å². The Balaban J connectivity index is 1.54. The summed E-state index contributed by atoms with van der Waals surface area (Å²) in [6.45, 7) is -2.59. The molecule has 1 amide bonds. The molecule has 1 aromatic heterocycles. The third kappa shape index (κ3) is 4.59. The number of alkyl halides is 2. The monoisotopic (exact) mass is 430 g/mol. The summed E-state index contributed by atoms with van der Waals surface area (Å²) in [5.74, 6) is 0.0337. The SMILES string of the molecule is COc1cc(CN(C(=O)c2csc(-c3ccccc3)n2)C2CC2)ccc1OC(F)F. The molecule has 5 nitrogen and oxygen atoms in total. The Hall–Kier alpha value is -3.00. The molecule has 0 N–H and O–H groups in total. The van der Waals surface area contributed by atoms with Gasteiger partial charge in [-0.1, -0.05) is 36.4 Å². The molecular weight excluding hydrogens is 410 g/mol. The minimum Gasteiger partial charge on any atom is -0.493 e. The average Bonchev–Trinajstić information content (AvgIpc) is 3.48. The number of methoxy groups -OCH3 is 1. The third-order valence-electron chi connectivity index (χ3n) is 4.79. The Morgan fingerprint density at radius 3 is 2.63 bits per heavy atom. The first-order chi connectivity index (χ1) is 14.5. The number of amides is 1. The van der Waals surface area contributed by atoms with Gasteiger partial charge in [-0.05, 0) is 30.5 Å². The number of nitrogens with zero attached hydrogens (tertiary/aromatic N) is 2. The average molecular weight is 430 g/mol. The van der Waals surface area contributed by atoms with Crippen LogP contribution in [0.3, 0.4) is 0 Å². The molecule has 0 unspecified atom stereocenters. The van der Waals surface area contributed by atoms with E-state index >= 15 is 0 Å². The van der Waals surface area contributed by atoms with Crippen molar-refractivity contribution in [2.75, 3.05) is 7.11 Å². The van der Waals surface area contributed by atoms with E-state index in [1.165, 1.54) is 24.5 Å². The molecule has 2 aromatic carbocycles. The lowest BCUT2D eigenvalue weighted by Crippen LogP contribution is -2.32. The number of aromatic nitrogens is 1. The van der Waals surface area contributed by atoms with Gasteiger partial charge in [0.15, 0.2) is 11.5 Å². The molecule has 1 saturated carbocycles. The van der Waals surface area contributed by atoms with Crippen LogP contribution < -0.4 is 9.47 Å². The van der Waals surface area contributed by atoms with E-state index in [4.69, 9.17) is 4.74 Å². The summed E-state index contributed by atoms with van der Waals surface area (Å²) in [7, 11) is 1.39. The van der Waals surface area contributed by atoms with Crippen molar-refractivity contribution in [3.8, 4) is 22.1 Å². The van der Waals surface area contributed by atoms with Crippen LogP contribution in [-0.4, -0.2) is 35.6 Å². The zero-order valence-corrected chi connectivity index (χ0v) is 17.1. The van der Waals surface area contributed by atoms with Crippen molar-refractivity contribution in [3.63, 3.8) is 0 Å². The maximum Gasteiger partial charge on any atom is 0.387 e. The van der Waals surface area contributed by atoms with Gasteiger partial charge in [0.1, 0.15) is 10.7 Å². The number of hydrogen-bond donors (Lipinski definition) is 0. The third-order valence-corrected chi connectivity index (χ3v) is 5.68. The van der Waals surface area contributed by atoms with Crippen molar-refractivity contribution in [1.29, 1.82) is 0 Å². The van der Waals surface area contributed by atoms with Gasteiger partial charge in [0.25, 0.3) is 5.91 Å². The van der Waals surface area contributed by atoms with E-state index in [0.717, 1.165) is 29.0 Å². The lowest BCUT2D eigenvalue weighted by Gasteiger charge is -2.22. The fraction of sp³-hybridized carbons (Fsp3) is 0.273. The maximum atomic E-state index is 13.2. The molecule has 8 heteroatoms. The van der Waals surface area contributed by atoms with Crippen LogP contribution in [0.5, 0.6) is 11.5 Å². The Morgan fingerprint density at radius 1 is 1.20 bits per heavy atom. The molecule has 1 aliphatic carbocycles. The fourth-order valence-electron chi connectivity index (χ4n) is 3.19. The normalized spacial score (nSPS) is 13.3. The van der Waals surface area contributed by atoms with Gasteiger partial charge in [-0.15, -0.1) is 11.3 Å². The van der Waals surface area contributed by atoms with Gasteiger partial charge < -0.3 is 14.4 Å². The van der Waals surface area contributed by atoms with Crippen molar-refractivity contribution < 1.29 is 23.0 Å². The first kappa shape index (κ1) is 20.3. The topological polar surface area (TPSA) is 51.7 Å². The van der Waals surface area contributed by atoms with Gasteiger partial charge in [0.2, 0.25) is 0 Å². The highest BCUT2D eigenvalue weighted by molar-refractivity contribution is 7.13. The van der Waals surface area contributed by atoms with Crippen LogP contribution in [0.2, 0.25) is 0 Å². The van der Waals surface area contributed by atoms with E-state index in [9.17, 15) is 13.6 Å². The highest BCUT2D eigenvalue weighted by Crippen LogP contribution is 2.34. The van der Waals surface area contributed by atoms with Gasteiger partial charge in [-0.25, -0.2) is 4.98 Å². The first-order valence-electron chi connectivity index (χ1n) is 9.49. The number of thiazole rings is 1. The molecular formula is C22H20F2N2O3S. The van der Waals surface area contributed by atoms with Crippen LogP contribution >= 0.6 is 11.3 Å². The van der Waals surface area contributed by atoms with Crippen molar-refractivity contribution in [2.45, 2.75) is 32.0 Å². The molecule has 0 bridgehead atoms. The van der Waals surface area contributed by atoms with E-state index in [-0.39, 0.29) is 23.4 Å². The molecule has 30 heavy (non-hydrogen) atoms. The molecule has 0 saturated heterocycles. The standard InChI is InChI=1S/C22H20F2N2O3S/c1-28-19-11-14(7-10-18(19)29-22(23)24)12-26(16-8-9-16)21(27)17-13-30-20(25-17)15-5-3-2-4-6-15/h2-7,10-11,13,16,22H,8-9,12H2,1H3. The van der Waals surface area contributed by atoms with E-state index in [0.29, 0.717) is 12.2 Å². The van der Waals surface area contributed by atoms with Crippen LogP contribution in [0.25, 0.3) is 10.6 Å². The Kier molecular flexibility index (Phi) is 5.94. The zero-order chi connectivity index (χ0) is 21.1. The molecule has 1 heterocycles. The van der Waals surface area contributed by atoms with Gasteiger partial charge in [-0.2, -0.15) is 8.78 Å². The minimum absolute atomic E-state index is 0.0347. The van der Waals surface area contributed by atoms with Crippen LogP contribution in [0.4, 0.5) is 8.78 Å². The van der Waals surface area contributed by atoms with Gasteiger partial charge >= 0.3 is 6.61 Å². The Morgan fingerprint density at radius 2 is 1.97 bits per heavy atom. The molecule has 0 radical (unpaired) electrons. The minimum atomic E-state index is -2.93. The predicted molar refractivity (Wildman–Crippen MR) is 110 cm³/mol. The van der Waals surface area contributed by atoms with Gasteiger partial charge in [0, 0.05) is 23.5 Å². The zero-order valence-electron chi connectivity index (χ0n) is 16.3. The second-order valence-corrected chi connectivity index (χ2v) is 7.79. The summed E-state index contributed by atoms with van der Waals surface area (Å²) < 4.78 is 34.7. The summed E-state index contributed by atoms with van der Waals surface area (Å²) in [5, 5.41) is 2.57. The predicted octanol–water partition coefficient (Wildman–Crippen LogP) is 5.22. The molecule has 156 valence electrons. The number of benzene rings is 2. The number of halogens is 2. The molecule has 0 aliphatic heterocycles. The van der Waals surface area contributed by atoms with Crippen LogP contribution in [0, 0.1) is 0 Å². The molecule has 0 spiro atoms. The molecule has 1 aliphatic rings. The Labute approximate surface area is 176 Å². The molecule has 3 aromatic rings. The lowest BCUT2D eigenvalue weighted by atomic mass is 10.1. The van der Waals surface area contributed by atoms with Gasteiger partial charge in [-0.3, -0.25) is 4.79 Å². The number of carbonyl (C=O) groups excluding carboxylic acids is 1. The van der Waals surface area contributed by atoms with Crippen molar-refractivity contribution in [2.24, 2.45) is 0 Å². The summed E-state index contributed by atoms with van der Waals surface area (Å²) in [4.78, 5) is 19.5. The second kappa shape index (κ2) is 8.79. The quantitative estimate of drug-likeness (QED) is 0.491. The molecule has 1 fully saturated rings. The molecule has 4 rings (SSSR count). The lowest BCUT2D eigenvalue weighted by molar-refractivity contribution is -0.0512. The number of ether oxygens (including phenoxy) is 2. The van der Waals surface area contributed by atoms with E-state index in [1.54, 1.807) is 22.4 Å². The summed E-state index contributed by atoms with van der Waals surface area (Å²) in [5.41, 5.74) is 2.15. The van der Waals surface area contributed by atoms with Crippen molar-refractivity contribution in [3.05, 3.63) is 65.2 Å². The largest absolute Gasteiger partial charge is 0.493 e. The summed E-state index contributed by atoms with van der Waals surface area (Å²) >= 11 is 1.43. The number of hydrogen-bond acceptors (Lipinski definition) is 5. The fourth-order valence-corrected chi connectivity index (χ4v) is 3.99. The number of rotatable bonds is 8. The van der Waals surface area contributed by atoms with Crippen LogP contribution in [-0.2, 0) is 6.54 Å². The second-order valence-electron chi connectivity index (χ2n) is 6.93. The Bertz CT molecular complexity index is 1020. The summed E-state index contributed by atoms with van der Waals surface area (Å²) in [6.07, 6.45) is 1.87. The smallest absolute Gasteiger partial charge is 0.387 e. The van der Waals surface area contributed by atoms with E-state index in [1.807, 2.05) is 30.3 Å². The van der Waals surface area contributed by atoms with E-state index < -0.39 is 6.61 Å². The van der Waals surface area contributed by atoms with Crippen molar-refractivity contribution >= 4 is 17.2 Å². The molecule has 0 atom stereocenters. The van der Waals surface area contributed by atoms with E-state index in [2.05, 4.69) is 9.72 Å². The van der Waals surface area contributed by atoms with Crippen molar-refractivity contribution in [1.82, 2.24) is 9.88 Å². The highest BCUT2D eigenvalue weighted by atomic mass is 32.1. The van der Waals surface area contributed by atoms with Crippen LogP contribution in [0.1, 0.15) is 28.9 Å². The summed E-state index contributed by atoms with van der Waals surface area (Å²) in [6, 6.07) is 14.6. The first-order valence-corrected chi connectivity index (χ1v) is 10.4. The number of carbonyl (C=O) groups is 1. The maximum absolute atomic E-state index is 13.2. The van der Waals surface area contributed by atoms with Gasteiger partial charge in [0.05, 0.1) is 7.11 Å². The highest BCUT2D eigenvalue weighted by Gasteiger charge is 2.34.